The zero-order chi connectivity index (χ0) is 21.7. The molecule has 3 aromatic rings. The summed E-state index contributed by atoms with van der Waals surface area (Å²) in [6, 6.07) is 7.82. The molecule has 0 fully saturated rings. The van der Waals surface area contributed by atoms with E-state index in [9.17, 15) is 0 Å². The lowest BCUT2D eigenvalue weighted by Crippen LogP contribution is -2.43. The molecule has 0 radical (unpaired) electrons. The van der Waals surface area contributed by atoms with Crippen LogP contribution in [0, 0.1) is 13.8 Å². The van der Waals surface area contributed by atoms with Gasteiger partial charge in [0.25, 0.3) is 0 Å². The molecule has 0 spiro atoms. The smallest absolute Gasteiger partial charge is 0.191 e. The molecule has 0 saturated heterocycles. The molecule has 0 saturated carbocycles. The van der Waals surface area contributed by atoms with E-state index in [-0.39, 0.29) is 6.04 Å². The second-order valence-corrected chi connectivity index (χ2v) is 7.92. The van der Waals surface area contributed by atoms with Gasteiger partial charge in [0, 0.05) is 42.1 Å². The Labute approximate surface area is 183 Å². The van der Waals surface area contributed by atoms with Crippen LogP contribution in [-0.2, 0) is 20.0 Å². The summed E-state index contributed by atoms with van der Waals surface area (Å²) in [4.78, 5) is 4.74. The van der Waals surface area contributed by atoms with Crippen molar-refractivity contribution in [3.63, 3.8) is 0 Å². The molecule has 3 rings (SSSR count). The molecule has 2 N–H and O–H groups in total. The number of aromatic nitrogens is 4. The predicted octanol–water partition coefficient (Wildman–Crippen LogP) is 3.56. The standard InChI is InChI=1S/C22H30ClN7/c1-6-24-22(27-15(2)11-21-16(3)28-29(5)17(21)4)25-12-18-13-26-30(14-18)20-9-7-19(23)8-10-20/h7-10,13-15H,6,11-12H2,1-5H3,(H2,24,25,27). The number of aryl methyl sites for hydroxylation is 2. The van der Waals surface area contributed by atoms with Crippen LogP contribution in [0.5, 0.6) is 0 Å². The normalized spacial score (nSPS) is 12.8. The first-order valence-corrected chi connectivity index (χ1v) is 10.6. The van der Waals surface area contributed by atoms with E-state index in [0.717, 1.165) is 35.9 Å². The van der Waals surface area contributed by atoms with E-state index in [1.54, 1.807) is 0 Å². The van der Waals surface area contributed by atoms with E-state index in [0.29, 0.717) is 11.6 Å². The topological polar surface area (TPSA) is 72.1 Å². The molecule has 0 bridgehead atoms. The second kappa shape index (κ2) is 9.80. The number of rotatable bonds is 7. The van der Waals surface area contributed by atoms with Crippen LogP contribution >= 0.6 is 11.6 Å². The lowest BCUT2D eigenvalue weighted by Gasteiger charge is -2.18. The second-order valence-electron chi connectivity index (χ2n) is 7.49. The molecule has 0 aliphatic carbocycles. The highest BCUT2D eigenvalue weighted by atomic mass is 35.5. The summed E-state index contributed by atoms with van der Waals surface area (Å²) in [6.45, 7) is 9.74. The van der Waals surface area contributed by atoms with Gasteiger partial charge in [0.15, 0.2) is 5.96 Å². The minimum absolute atomic E-state index is 0.223. The quantitative estimate of drug-likeness (QED) is 0.446. The maximum atomic E-state index is 5.96. The Bertz CT molecular complexity index is 1000. The molecule has 7 nitrogen and oxygen atoms in total. The van der Waals surface area contributed by atoms with E-state index < -0.39 is 0 Å². The van der Waals surface area contributed by atoms with Gasteiger partial charge in [0.05, 0.1) is 24.1 Å². The van der Waals surface area contributed by atoms with Gasteiger partial charge >= 0.3 is 0 Å². The monoisotopic (exact) mass is 427 g/mol. The van der Waals surface area contributed by atoms with E-state index in [1.807, 2.05) is 53.1 Å². The van der Waals surface area contributed by atoms with Gasteiger partial charge < -0.3 is 10.6 Å². The summed E-state index contributed by atoms with van der Waals surface area (Å²) in [5, 5.41) is 16.5. The van der Waals surface area contributed by atoms with Crippen molar-refractivity contribution in [2.75, 3.05) is 6.54 Å². The van der Waals surface area contributed by atoms with Gasteiger partial charge in [0.2, 0.25) is 0 Å². The maximum absolute atomic E-state index is 5.96. The van der Waals surface area contributed by atoms with Gasteiger partial charge in [-0.3, -0.25) is 4.68 Å². The van der Waals surface area contributed by atoms with Crippen LogP contribution in [-0.4, -0.2) is 38.1 Å². The Balaban J connectivity index is 1.65. The third-order valence-electron chi connectivity index (χ3n) is 5.04. The molecular formula is C22H30ClN7. The number of nitrogens with one attached hydrogen (secondary N) is 2. The van der Waals surface area contributed by atoms with Crippen LogP contribution in [0.2, 0.25) is 5.02 Å². The number of hydrogen-bond acceptors (Lipinski definition) is 3. The molecule has 0 aliphatic rings. The molecule has 8 heteroatoms. The van der Waals surface area contributed by atoms with Gasteiger partial charge in [-0.25, -0.2) is 9.67 Å². The first kappa shape index (κ1) is 21.9. The van der Waals surface area contributed by atoms with Crippen molar-refractivity contribution < 1.29 is 0 Å². The summed E-state index contributed by atoms with van der Waals surface area (Å²) in [7, 11) is 1.99. The largest absolute Gasteiger partial charge is 0.357 e. The molecule has 0 amide bonds. The summed E-state index contributed by atoms with van der Waals surface area (Å²) in [5.74, 6) is 0.795. The van der Waals surface area contributed by atoms with Crippen LogP contribution in [0.15, 0.2) is 41.7 Å². The van der Waals surface area contributed by atoms with Gasteiger partial charge in [-0.15, -0.1) is 0 Å². The van der Waals surface area contributed by atoms with E-state index >= 15 is 0 Å². The molecule has 2 heterocycles. The van der Waals surface area contributed by atoms with Crippen LogP contribution in [0.4, 0.5) is 0 Å². The number of nitrogens with zero attached hydrogens (tertiary/aromatic N) is 5. The maximum Gasteiger partial charge on any atom is 0.191 e. The minimum Gasteiger partial charge on any atom is -0.357 e. The number of halogens is 1. The Morgan fingerprint density at radius 1 is 1.23 bits per heavy atom. The summed E-state index contributed by atoms with van der Waals surface area (Å²) in [6.07, 6.45) is 4.72. The van der Waals surface area contributed by atoms with Crippen LogP contribution < -0.4 is 10.6 Å². The molecule has 1 aromatic carbocycles. The average Bonchev–Trinajstić information content (AvgIpc) is 3.27. The van der Waals surface area contributed by atoms with E-state index in [2.05, 4.69) is 48.5 Å². The van der Waals surface area contributed by atoms with Crippen molar-refractivity contribution in [3.8, 4) is 5.69 Å². The third kappa shape index (κ3) is 5.42. The Morgan fingerprint density at radius 2 is 1.97 bits per heavy atom. The fourth-order valence-electron chi connectivity index (χ4n) is 3.37. The Morgan fingerprint density at radius 3 is 2.60 bits per heavy atom. The fourth-order valence-corrected chi connectivity index (χ4v) is 3.50. The van der Waals surface area contributed by atoms with Crippen molar-refractivity contribution in [2.24, 2.45) is 12.0 Å². The zero-order valence-corrected chi connectivity index (χ0v) is 19.0. The number of benzene rings is 1. The molecule has 1 unspecified atom stereocenters. The summed E-state index contributed by atoms with van der Waals surface area (Å²) >= 11 is 5.96. The third-order valence-corrected chi connectivity index (χ3v) is 5.30. The van der Waals surface area contributed by atoms with Crippen molar-refractivity contribution in [1.82, 2.24) is 30.2 Å². The van der Waals surface area contributed by atoms with Crippen molar-refractivity contribution in [1.29, 1.82) is 0 Å². The number of guanidine groups is 1. The predicted molar refractivity (Wildman–Crippen MR) is 122 cm³/mol. The van der Waals surface area contributed by atoms with Gasteiger partial charge in [0.1, 0.15) is 0 Å². The minimum atomic E-state index is 0.223. The van der Waals surface area contributed by atoms with E-state index in [4.69, 9.17) is 16.6 Å². The average molecular weight is 428 g/mol. The lowest BCUT2D eigenvalue weighted by molar-refractivity contribution is 0.636. The van der Waals surface area contributed by atoms with E-state index in [1.165, 1.54) is 11.3 Å². The molecule has 1 atom stereocenters. The first-order valence-electron chi connectivity index (χ1n) is 10.2. The van der Waals surface area contributed by atoms with Crippen molar-refractivity contribution in [3.05, 3.63) is 64.2 Å². The number of hydrogen-bond donors (Lipinski definition) is 2. The van der Waals surface area contributed by atoms with Gasteiger partial charge in [-0.1, -0.05) is 11.6 Å². The molecule has 30 heavy (non-hydrogen) atoms. The summed E-state index contributed by atoms with van der Waals surface area (Å²) < 4.78 is 3.77. The lowest BCUT2D eigenvalue weighted by atomic mass is 10.1. The highest BCUT2D eigenvalue weighted by Gasteiger charge is 2.14. The molecule has 2 aromatic heterocycles. The van der Waals surface area contributed by atoms with Crippen molar-refractivity contribution >= 4 is 17.6 Å². The molecule has 160 valence electrons. The highest BCUT2D eigenvalue weighted by molar-refractivity contribution is 6.30. The van der Waals surface area contributed by atoms with Crippen LogP contribution in [0.1, 0.15) is 36.4 Å². The van der Waals surface area contributed by atoms with Gasteiger partial charge in [-0.05, 0) is 63.9 Å². The first-order chi connectivity index (χ1) is 14.4. The highest BCUT2D eigenvalue weighted by Crippen LogP contribution is 2.15. The van der Waals surface area contributed by atoms with Crippen LogP contribution in [0.25, 0.3) is 5.69 Å². The molecular weight excluding hydrogens is 398 g/mol. The zero-order valence-electron chi connectivity index (χ0n) is 18.3. The summed E-state index contributed by atoms with van der Waals surface area (Å²) in [5.41, 5.74) is 5.58. The molecule has 0 aliphatic heterocycles. The van der Waals surface area contributed by atoms with Crippen molar-refractivity contribution in [2.45, 2.75) is 46.7 Å². The SMILES string of the molecule is CCNC(=NCc1cnn(-c2ccc(Cl)cc2)c1)NC(C)Cc1c(C)nn(C)c1C. The van der Waals surface area contributed by atoms with Gasteiger partial charge in [-0.2, -0.15) is 10.2 Å². The van der Waals surface area contributed by atoms with Crippen LogP contribution in [0.3, 0.4) is 0 Å². The Kier molecular flexibility index (Phi) is 7.15. The fraction of sp³-hybridized carbons (Fsp3) is 0.409. The Hall–Kier alpha value is -2.80. The number of aliphatic imine (C=N–C) groups is 1.